The Morgan fingerprint density at radius 3 is 2.19 bits per heavy atom. The van der Waals surface area contributed by atoms with E-state index in [9.17, 15) is 0 Å². The van der Waals surface area contributed by atoms with Gasteiger partial charge in [0.2, 0.25) is 0 Å². The lowest BCUT2D eigenvalue weighted by atomic mass is 10.2. The number of aliphatic hydroxyl groups is 1. The highest BCUT2D eigenvalue weighted by atomic mass is 16.5. The van der Waals surface area contributed by atoms with Crippen LogP contribution in [0.15, 0.2) is 30.3 Å². The van der Waals surface area contributed by atoms with Crippen LogP contribution >= 0.6 is 0 Å². The van der Waals surface area contributed by atoms with E-state index in [1.54, 1.807) is 0 Å². The Balaban J connectivity index is 0.000000288. The fourth-order valence-corrected chi connectivity index (χ4v) is 1.16. The maximum absolute atomic E-state index is 8.30. The van der Waals surface area contributed by atoms with Crippen LogP contribution in [0.2, 0.25) is 0 Å². The number of hydrogen-bond acceptors (Lipinski definition) is 2. The zero-order valence-electron chi connectivity index (χ0n) is 10.5. The van der Waals surface area contributed by atoms with Gasteiger partial charge in [-0.1, -0.05) is 55.7 Å². The monoisotopic (exact) mass is 224 g/mol. The van der Waals surface area contributed by atoms with Crippen LogP contribution in [0.3, 0.4) is 0 Å². The molecule has 0 saturated heterocycles. The van der Waals surface area contributed by atoms with Crippen molar-refractivity contribution in [2.45, 2.75) is 33.1 Å². The van der Waals surface area contributed by atoms with E-state index in [1.165, 1.54) is 18.4 Å². The van der Waals surface area contributed by atoms with Gasteiger partial charge in [-0.3, -0.25) is 0 Å². The molecule has 0 radical (unpaired) electrons. The maximum Gasteiger partial charge on any atom is 0.0697 e. The molecule has 0 aliphatic rings. The predicted molar refractivity (Wildman–Crippen MR) is 68.6 cm³/mol. The van der Waals surface area contributed by atoms with Crippen LogP contribution in [-0.4, -0.2) is 24.9 Å². The Morgan fingerprint density at radius 1 is 1.06 bits per heavy atom. The van der Waals surface area contributed by atoms with Gasteiger partial charge in [-0.2, -0.15) is 0 Å². The number of benzene rings is 1. The third-order valence-corrected chi connectivity index (χ3v) is 2.07. The Morgan fingerprint density at radius 2 is 1.75 bits per heavy atom. The van der Waals surface area contributed by atoms with Gasteiger partial charge in [-0.15, -0.1) is 0 Å². The summed E-state index contributed by atoms with van der Waals surface area (Å²) in [5.41, 5.74) is 1.32. The molecule has 2 nitrogen and oxygen atoms in total. The lowest BCUT2D eigenvalue weighted by Crippen LogP contribution is -2.00. The Bertz CT molecular complexity index is 215. The standard InChI is InChI=1S/C7H16O2.C7H8/c1-2-3-4-6-9-7-5-8;1-7-5-3-2-4-6-7/h8H,2-7H2,1H3;2-6H,1H3. The van der Waals surface area contributed by atoms with E-state index in [4.69, 9.17) is 9.84 Å². The number of rotatable bonds is 6. The SMILES string of the molecule is CCCCCOCCO.Cc1ccccc1. The molecule has 16 heavy (non-hydrogen) atoms. The molecule has 0 aliphatic heterocycles. The van der Waals surface area contributed by atoms with E-state index in [-0.39, 0.29) is 6.61 Å². The summed E-state index contributed by atoms with van der Waals surface area (Å²) < 4.78 is 5.03. The highest BCUT2D eigenvalue weighted by Gasteiger charge is 1.85. The smallest absolute Gasteiger partial charge is 0.0697 e. The molecule has 0 bridgehead atoms. The van der Waals surface area contributed by atoms with E-state index in [2.05, 4.69) is 26.0 Å². The molecule has 0 aromatic heterocycles. The quantitative estimate of drug-likeness (QED) is 0.752. The average Bonchev–Trinajstić information content (AvgIpc) is 2.31. The molecule has 0 amide bonds. The fourth-order valence-electron chi connectivity index (χ4n) is 1.16. The molecule has 1 N–H and O–H groups in total. The minimum absolute atomic E-state index is 0.145. The summed E-state index contributed by atoms with van der Waals surface area (Å²) in [6.45, 7) is 5.68. The first kappa shape index (κ1) is 15.1. The van der Waals surface area contributed by atoms with E-state index in [0.717, 1.165) is 13.0 Å². The Labute approximate surface area is 99.3 Å². The van der Waals surface area contributed by atoms with Gasteiger partial charge in [0.25, 0.3) is 0 Å². The van der Waals surface area contributed by atoms with E-state index in [0.29, 0.717) is 6.61 Å². The second kappa shape index (κ2) is 12.2. The zero-order valence-corrected chi connectivity index (χ0v) is 10.5. The van der Waals surface area contributed by atoms with Gasteiger partial charge in [0.05, 0.1) is 13.2 Å². The van der Waals surface area contributed by atoms with Crippen molar-refractivity contribution >= 4 is 0 Å². The van der Waals surface area contributed by atoms with Crippen molar-refractivity contribution in [2.24, 2.45) is 0 Å². The van der Waals surface area contributed by atoms with Gasteiger partial charge in [-0.05, 0) is 13.3 Å². The van der Waals surface area contributed by atoms with Crippen molar-refractivity contribution in [3.05, 3.63) is 35.9 Å². The molecule has 1 aromatic carbocycles. The molecule has 1 aromatic rings. The van der Waals surface area contributed by atoms with Crippen molar-refractivity contribution in [1.29, 1.82) is 0 Å². The van der Waals surface area contributed by atoms with Gasteiger partial charge >= 0.3 is 0 Å². The van der Waals surface area contributed by atoms with Gasteiger partial charge < -0.3 is 9.84 Å². The number of unbranched alkanes of at least 4 members (excludes halogenated alkanes) is 2. The van der Waals surface area contributed by atoms with E-state index >= 15 is 0 Å². The molecule has 0 saturated carbocycles. The summed E-state index contributed by atoms with van der Waals surface area (Å²) in [4.78, 5) is 0. The van der Waals surface area contributed by atoms with Crippen LogP contribution < -0.4 is 0 Å². The van der Waals surface area contributed by atoms with Gasteiger partial charge in [0, 0.05) is 6.61 Å². The average molecular weight is 224 g/mol. The van der Waals surface area contributed by atoms with E-state index < -0.39 is 0 Å². The first-order valence-corrected chi connectivity index (χ1v) is 6.01. The molecule has 0 spiro atoms. The lowest BCUT2D eigenvalue weighted by Gasteiger charge is -1.98. The molecule has 2 heteroatoms. The van der Waals surface area contributed by atoms with Crippen LogP contribution in [0, 0.1) is 6.92 Å². The second-order valence-electron chi connectivity index (χ2n) is 3.70. The van der Waals surface area contributed by atoms with Crippen LogP contribution in [0.5, 0.6) is 0 Å². The molecule has 92 valence electrons. The topological polar surface area (TPSA) is 29.5 Å². The molecule has 0 aliphatic carbocycles. The minimum atomic E-state index is 0.145. The minimum Gasteiger partial charge on any atom is -0.394 e. The van der Waals surface area contributed by atoms with E-state index in [1.807, 2.05) is 18.2 Å². The second-order valence-corrected chi connectivity index (χ2v) is 3.70. The molecule has 1 rings (SSSR count). The number of aliphatic hydroxyl groups excluding tert-OH is 1. The summed E-state index contributed by atoms with van der Waals surface area (Å²) in [6, 6.07) is 10.3. The van der Waals surface area contributed by atoms with Gasteiger partial charge in [-0.25, -0.2) is 0 Å². The maximum atomic E-state index is 8.30. The fraction of sp³-hybridized carbons (Fsp3) is 0.571. The summed E-state index contributed by atoms with van der Waals surface area (Å²) in [7, 11) is 0. The molecule has 0 fully saturated rings. The van der Waals surface area contributed by atoms with Crippen LogP contribution in [0.4, 0.5) is 0 Å². The van der Waals surface area contributed by atoms with Crippen molar-refractivity contribution in [3.8, 4) is 0 Å². The summed E-state index contributed by atoms with van der Waals surface area (Å²) in [6.07, 6.45) is 3.57. The lowest BCUT2D eigenvalue weighted by molar-refractivity contribution is 0.0898. The number of ether oxygens (including phenoxy) is 1. The highest BCUT2D eigenvalue weighted by molar-refractivity contribution is 5.11. The van der Waals surface area contributed by atoms with Gasteiger partial charge in [0.15, 0.2) is 0 Å². The molecule has 0 heterocycles. The number of aryl methyl sites for hydroxylation is 1. The third-order valence-electron chi connectivity index (χ3n) is 2.07. The number of hydrogen-bond donors (Lipinski definition) is 1. The summed E-state index contributed by atoms with van der Waals surface area (Å²) in [5.74, 6) is 0. The Hall–Kier alpha value is -0.860. The first-order chi connectivity index (χ1) is 7.81. The molecular weight excluding hydrogens is 200 g/mol. The molecule has 0 unspecified atom stereocenters. The summed E-state index contributed by atoms with van der Waals surface area (Å²) in [5, 5.41) is 8.30. The van der Waals surface area contributed by atoms with Crippen molar-refractivity contribution in [2.75, 3.05) is 19.8 Å². The third kappa shape index (κ3) is 11.2. The van der Waals surface area contributed by atoms with Crippen molar-refractivity contribution in [3.63, 3.8) is 0 Å². The van der Waals surface area contributed by atoms with Gasteiger partial charge in [0.1, 0.15) is 0 Å². The highest BCUT2D eigenvalue weighted by Crippen LogP contribution is 1.93. The van der Waals surface area contributed by atoms with Crippen LogP contribution in [-0.2, 0) is 4.74 Å². The predicted octanol–water partition coefficient (Wildman–Crippen LogP) is 3.18. The molecule has 0 atom stereocenters. The first-order valence-electron chi connectivity index (χ1n) is 6.01. The van der Waals surface area contributed by atoms with Crippen molar-refractivity contribution < 1.29 is 9.84 Å². The molecular formula is C14H24O2. The summed E-state index contributed by atoms with van der Waals surface area (Å²) >= 11 is 0. The van der Waals surface area contributed by atoms with Crippen LogP contribution in [0.25, 0.3) is 0 Å². The normalized spacial score (nSPS) is 9.44. The zero-order chi connectivity index (χ0) is 12.1. The van der Waals surface area contributed by atoms with Crippen molar-refractivity contribution in [1.82, 2.24) is 0 Å². The Kier molecular flexibility index (Phi) is 11.6. The van der Waals surface area contributed by atoms with Crippen LogP contribution in [0.1, 0.15) is 31.7 Å². The largest absolute Gasteiger partial charge is 0.394 e.